The van der Waals surface area contributed by atoms with Gasteiger partial charge in [-0.25, -0.2) is 0 Å². The zero-order valence-electron chi connectivity index (χ0n) is 11.9. The summed E-state index contributed by atoms with van der Waals surface area (Å²) in [4.78, 5) is 5.26. The maximum absolute atomic E-state index is 5.99. The predicted octanol–water partition coefficient (Wildman–Crippen LogP) is 2.25. The van der Waals surface area contributed by atoms with E-state index >= 15 is 0 Å². The number of aryl methyl sites for hydroxylation is 1. The molecule has 1 aromatic carbocycles. The van der Waals surface area contributed by atoms with Crippen LogP contribution in [0.2, 0.25) is 0 Å². The molecule has 0 aromatic heterocycles. The predicted molar refractivity (Wildman–Crippen MR) is 80.1 cm³/mol. The number of hydrogen-bond acceptors (Lipinski definition) is 3. The minimum absolute atomic E-state index is 0.797. The Bertz CT molecular complexity index is 438. The Morgan fingerprint density at radius 1 is 1.21 bits per heavy atom. The molecule has 0 spiro atoms. The smallest absolute Gasteiger partial charge is 0.0346 e. The molecule has 3 heteroatoms. The molecular formula is C16H25N3. The van der Waals surface area contributed by atoms with Crippen molar-refractivity contribution in [1.29, 1.82) is 0 Å². The zero-order valence-corrected chi connectivity index (χ0v) is 11.9. The van der Waals surface area contributed by atoms with Crippen LogP contribution in [0.1, 0.15) is 30.4 Å². The maximum Gasteiger partial charge on any atom is 0.0346 e. The number of hydrogen-bond donors (Lipinski definition) is 1. The van der Waals surface area contributed by atoms with Gasteiger partial charge in [-0.1, -0.05) is 12.1 Å². The van der Waals surface area contributed by atoms with Crippen molar-refractivity contribution >= 4 is 5.69 Å². The molecule has 0 amide bonds. The number of nitrogens with two attached hydrogens (primary N) is 1. The molecule has 3 nitrogen and oxygen atoms in total. The highest BCUT2D eigenvalue weighted by Crippen LogP contribution is 2.22. The van der Waals surface area contributed by atoms with Crippen molar-refractivity contribution in [2.24, 2.45) is 0 Å². The van der Waals surface area contributed by atoms with Crippen molar-refractivity contribution in [3.63, 3.8) is 0 Å². The third-order valence-electron chi connectivity index (χ3n) is 4.65. The SMILES string of the molecule is Cc1ccc(CN2CCC(N3CCCC3)C2)cc1N. The van der Waals surface area contributed by atoms with E-state index in [0.29, 0.717) is 0 Å². The fourth-order valence-corrected chi connectivity index (χ4v) is 3.41. The molecule has 0 aliphatic carbocycles. The molecule has 0 bridgehead atoms. The second kappa shape index (κ2) is 5.51. The molecular weight excluding hydrogens is 234 g/mol. The van der Waals surface area contributed by atoms with Gasteiger partial charge in [-0.3, -0.25) is 9.80 Å². The highest BCUT2D eigenvalue weighted by molar-refractivity contribution is 5.48. The Hall–Kier alpha value is -1.06. The number of likely N-dealkylation sites (tertiary alicyclic amines) is 2. The first kappa shape index (κ1) is 12.9. The molecule has 2 aliphatic heterocycles. The fraction of sp³-hybridized carbons (Fsp3) is 0.625. The van der Waals surface area contributed by atoms with E-state index in [1.165, 1.54) is 56.6 Å². The Labute approximate surface area is 116 Å². The Kier molecular flexibility index (Phi) is 3.76. The molecule has 0 saturated carbocycles. The Balaban J connectivity index is 1.57. The summed E-state index contributed by atoms with van der Waals surface area (Å²) in [5, 5.41) is 0. The Morgan fingerprint density at radius 3 is 2.74 bits per heavy atom. The zero-order chi connectivity index (χ0) is 13.2. The van der Waals surface area contributed by atoms with E-state index in [9.17, 15) is 0 Å². The average Bonchev–Trinajstić information content (AvgIpc) is 3.04. The van der Waals surface area contributed by atoms with Crippen LogP contribution in [0.3, 0.4) is 0 Å². The van der Waals surface area contributed by atoms with Gasteiger partial charge in [-0.05, 0) is 56.5 Å². The van der Waals surface area contributed by atoms with Gasteiger partial charge < -0.3 is 5.73 Å². The number of nitrogen functional groups attached to an aromatic ring is 1. The van der Waals surface area contributed by atoms with E-state index in [2.05, 4.69) is 34.9 Å². The second-order valence-electron chi connectivity index (χ2n) is 6.11. The van der Waals surface area contributed by atoms with E-state index in [1.54, 1.807) is 0 Å². The summed E-state index contributed by atoms with van der Waals surface area (Å²) < 4.78 is 0. The van der Waals surface area contributed by atoms with Gasteiger partial charge in [0.25, 0.3) is 0 Å². The van der Waals surface area contributed by atoms with Crippen molar-refractivity contribution in [3.8, 4) is 0 Å². The van der Waals surface area contributed by atoms with Crippen LogP contribution in [0, 0.1) is 6.92 Å². The standard InChI is InChI=1S/C16H25N3/c1-13-4-5-14(10-16(13)17)11-18-9-6-15(12-18)19-7-2-3-8-19/h4-5,10,15H,2-3,6-9,11-12,17H2,1H3. The van der Waals surface area contributed by atoms with Crippen molar-refractivity contribution in [3.05, 3.63) is 29.3 Å². The van der Waals surface area contributed by atoms with E-state index < -0.39 is 0 Å². The molecule has 19 heavy (non-hydrogen) atoms. The van der Waals surface area contributed by atoms with Gasteiger partial charge in [0.2, 0.25) is 0 Å². The van der Waals surface area contributed by atoms with Crippen molar-refractivity contribution in [2.75, 3.05) is 31.9 Å². The van der Waals surface area contributed by atoms with E-state index in [1.807, 2.05) is 0 Å². The van der Waals surface area contributed by atoms with Crippen LogP contribution in [0.25, 0.3) is 0 Å². The van der Waals surface area contributed by atoms with Crippen LogP contribution in [0.4, 0.5) is 5.69 Å². The van der Waals surface area contributed by atoms with Crippen molar-refractivity contribution in [1.82, 2.24) is 9.80 Å². The molecule has 3 rings (SSSR count). The van der Waals surface area contributed by atoms with Gasteiger partial charge in [-0.2, -0.15) is 0 Å². The lowest BCUT2D eigenvalue weighted by Crippen LogP contribution is -2.35. The molecule has 2 N–H and O–H groups in total. The topological polar surface area (TPSA) is 32.5 Å². The molecule has 2 saturated heterocycles. The molecule has 2 fully saturated rings. The van der Waals surface area contributed by atoms with Gasteiger partial charge in [0, 0.05) is 31.4 Å². The monoisotopic (exact) mass is 259 g/mol. The lowest BCUT2D eigenvalue weighted by molar-refractivity contribution is 0.230. The largest absolute Gasteiger partial charge is 0.399 e. The minimum Gasteiger partial charge on any atom is -0.399 e. The normalized spacial score (nSPS) is 25.2. The first-order chi connectivity index (χ1) is 9.22. The van der Waals surface area contributed by atoms with Crippen LogP contribution in [0.5, 0.6) is 0 Å². The van der Waals surface area contributed by atoms with Crippen molar-refractivity contribution < 1.29 is 0 Å². The van der Waals surface area contributed by atoms with Crippen LogP contribution >= 0.6 is 0 Å². The summed E-state index contributed by atoms with van der Waals surface area (Å²) in [6.45, 7) is 8.21. The van der Waals surface area contributed by atoms with E-state index in [-0.39, 0.29) is 0 Å². The van der Waals surface area contributed by atoms with Gasteiger partial charge in [0.05, 0.1) is 0 Å². The van der Waals surface area contributed by atoms with E-state index in [0.717, 1.165) is 18.3 Å². The summed E-state index contributed by atoms with van der Waals surface area (Å²) in [5.41, 5.74) is 9.45. The number of rotatable bonds is 3. The molecule has 104 valence electrons. The van der Waals surface area contributed by atoms with E-state index in [4.69, 9.17) is 5.73 Å². The lowest BCUT2D eigenvalue weighted by Gasteiger charge is -2.23. The summed E-state index contributed by atoms with van der Waals surface area (Å²) in [6.07, 6.45) is 4.12. The van der Waals surface area contributed by atoms with Crippen LogP contribution in [-0.2, 0) is 6.54 Å². The minimum atomic E-state index is 0.797. The maximum atomic E-state index is 5.99. The van der Waals surface area contributed by atoms with Gasteiger partial charge in [0.1, 0.15) is 0 Å². The summed E-state index contributed by atoms with van der Waals surface area (Å²) >= 11 is 0. The van der Waals surface area contributed by atoms with Crippen LogP contribution in [0.15, 0.2) is 18.2 Å². The first-order valence-corrected chi connectivity index (χ1v) is 7.54. The number of benzene rings is 1. The number of nitrogens with zero attached hydrogens (tertiary/aromatic N) is 2. The fourth-order valence-electron chi connectivity index (χ4n) is 3.41. The second-order valence-corrected chi connectivity index (χ2v) is 6.11. The first-order valence-electron chi connectivity index (χ1n) is 7.54. The van der Waals surface area contributed by atoms with Gasteiger partial charge in [-0.15, -0.1) is 0 Å². The molecule has 2 aliphatic rings. The highest BCUT2D eigenvalue weighted by atomic mass is 15.3. The quantitative estimate of drug-likeness (QED) is 0.845. The number of anilines is 1. The highest BCUT2D eigenvalue weighted by Gasteiger charge is 2.28. The summed E-state index contributed by atoms with van der Waals surface area (Å²) in [5.74, 6) is 0. The van der Waals surface area contributed by atoms with Gasteiger partial charge in [0.15, 0.2) is 0 Å². The summed E-state index contributed by atoms with van der Waals surface area (Å²) in [6, 6.07) is 7.29. The molecule has 1 aromatic rings. The molecule has 1 unspecified atom stereocenters. The summed E-state index contributed by atoms with van der Waals surface area (Å²) in [7, 11) is 0. The molecule has 2 heterocycles. The molecule has 0 radical (unpaired) electrons. The van der Waals surface area contributed by atoms with Crippen LogP contribution in [-0.4, -0.2) is 42.0 Å². The average molecular weight is 259 g/mol. The van der Waals surface area contributed by atoms with Crippen molar-refractivity contribution in [2.45, 2.75) is 38.8 Å². The third-order valence-corrected chi connectivity index (χ3v) is 4.65. The lowest BCUT2D eigenvalue weighted by atomic mass is 10.1. The van der Waals surface area contributed by atoms with Gasteiger partial charge >= 0.3 is 0 Å². The molecule has 1 atom stereocenters. The third kappa shape index (κ3) is 2.93. The van der Waals surface area contributed by atoms with Crippen LogP contribution < -0.4 is 5.73 Å². The Morgan fingerprint density at radius 2 is 2.00 bits per heavy atom.